The van der Waals surface area contributed by atoms with Gasteiger partial charge in [0.1, 0.15) is 6.73 Å². The van der Waals surface area contributed by atoms with E-state index in [1.807, 2.05) is 13.8 Å². The lowest BCUT2D eigenvalue weighted by atomic mass is 10.6. The van der Waals surface area contributed by atoms with Gasteiger partial charge < -0.3 is 0 Å². The Hall–Kier alpha value is -0.170. The molecule has 0 aliphatic carbocycles. The topological polar surface area (TPSA) is 66.8 Å². The van der Waals surface area contributed by atoms with E-state index in [-0.39, 0.29) is 6.73 Å². The molecule has 0 aliphatic rings. The van der Waals surface area contributed by atoms with Crippen molar-refractivity contribution < 1.29 is 17.2 Å². The number of nitrogens with zero attached hydrogens (tertiary/aromatic N) is 1. The van der Waals surface area contributed by atoms with E-state index in [0.717, 1.165) is 0 Å². The van der Waals surface area contributed by atoms with Crippen LogP contribution in [0.1, 0.15) is 13.8 Å². The van der Waals surface area contributed by atoms with E-state index in [1.165, 1.54) is 0 Å². The quantitative estimate of drug-likeness (QED) is 0.484. The molecule has 0 unspecified atom stereocenters. The minimum atomic E-state index is -4.28. The summed E-state index contributed by atoms with van der Waals surface area (Å²) in [7, 11) is -4.28. The second-order valence-electron chi connectivity index (χ2n) is 1.98. The van der Waals surface area contributed by atoms with Gasteiger partial charge in [0.25, 0.3) is 0 Å². The molecular weight excluding hydrogens is 170 g/mol. The van der Waals surface area contributed by atoms with Crippen molar-refractivity contribution in [2.24, 2.45) is 0 Å². The molecule has 0 fully saturated rings. The van der Waals surface area contributed by atoms with Gasteiger partial charge in [-0.15, -0.1) is 0 Å². The largest absolute Gasteiger partial charge is 0.398 e. The van der Waals surface area contributed by atoms with Crippen LogP contribution in [0.3, 0.4) is 0 Å². The monoisotopic (exact) mass is 183 g/mol. The molecule has 11 heavy (non-hydrogen) atoms. The molecule has 6 heteroatoms. The predicted molar refractivity (Wildman–Crippen MR) is 40.4 cm³/mol. The van der Waals surface area contributed by atoms with Crippen LogP contribution in [0.5, 0.6) is 0 Å². The summed E-state index contributed by atoms with van der Waals surface area (Å²) in [4.78, 5) is 1.72. The summed E-state index contributed by atoms with van der Waals surface area (Å²) >= 11 is 0. The van der Waals surface area contributed by atoms with E-state index in [1.54, 1.807) is 4.90 Å². The van der Waals surface area contributed by atoms with Crippen molar-refractivity contribution in [1.29, 1.82) is 0 Å². The first-order chi connectivity index (χ1) is 4.99. The molecule has 0 radical (unpaired) electrons. The summed E-state index contributed by atoms with van der Waals surface area (Å²) in [5.74, 6) is 0. The van der Waals surface area contributed by atoms with Crippen molar-refractivity contribution in [3.05, 3.63) is 0 Å². The molecular formula is C5H13NO4S. The average molecular weight is 183 g/mol. The first-order valence-electron chi connectivity index (χ1n) is 3.33. The van der Waals surface area contributed by atoms with Crippen LogP contribution < -0.4 is 0 Å². The fourth-order valence-corrected chi connectivity index (χ4v) is 0.830. The molecule has 0 bridgehead atoms. The summed E-state index contributed by atoms with van der Waals surface area (Å²) in [5.41, 5.74) is 0. The smallest absolute Gasteiger partial charge is 0.280 e. The Morgan fingerprint density at radius 3 is 2.09 bits per heavy atom. The SMILES string of the molecule is CCN(CC)COS(=O)(=O)O. The number of hydrogen-bond donors (Lipinski definition) is 1. The normalized spacial score (nSPS) is 12.4. The summed E-state index contributed by atoms with van der Waals surface area (Å²) in [6.45, 7) is 5.03. The van der Waals surface area contributed by atoms with E-state index >= 15 is 0 Å². The lowest BCUT2D eigenvalue weighted by Crippen LogP contribution is -2.27. The highest BCUT2D eigenvalue weighted by atomic mass is 32.3. The fourth-order valence-electron chi connectivity index (χ4n) is 0.547. The van der Waals surface area contributed by atoms with Gasteiger partial charge in [-0.25, -0.2) is 4.18 Å². The molecule has 0 rings (SSSR count). The van der Waals surface area contributed by atoms with Gasteiger partial charge in [-0.3, -0.25) is 9.45 Å². The summed E-state index contributed by atoms with van der Waals surface area (Å²) < 4.78 is 32.5. The predicted octanol–water partition coefficient (Wildman–Crippen LogP) is 0.105. The van der Waals surface area contributed by atoms with Gasteiger partial charge in [0, 0.05) is 0 Å². The average Bonchev–Trinajstić information content (AvgIpc) is 1.88. The van der Waals surface area contributed by atoms with E-state index < -0.39 is 10.4 Å². The number of rotatable bonds is 5. The van der Waals surface area contributed by atoms with Gasteiger partial charge in [0.15, 0.2) is 0 Å². The fraction of sp³-hybridized carbons (Fsp3) is 1.00. The number of hydrogen-bond acceptors (Lipinski definition) is 4. The van der Waals surface area contributed by atoms with Crippen LogP contribution in [0.25, 0.3) is 0 Å². The molecule has 0 aromatic carbocycles. The minimum Gasteiger partial charge on any atom is -0.280 e. The van der Waals surface area contributed by atoms with E-state index in [0.29, 0.717) is 13.1 Å². The lowest BCUT2D eigenvalue weighted by molar-refractivity contribution is 0.129. The van der Waals surface area contributed by atoms with E-state index in [9.17, 15) is 8.42 Å². The maximum atomic E-state index is 10.1. The van der Waals surface area contributed by atoms with Gasteiger partial charge in [0.05, 0.1) is 0 Å². The van der Waals surface area contributed by atoms with Crippen molar-refractivity contribution in [2.75, 3.05) is 19.8 Å². The first-order valence-corrected chi connectivity index (χ1v) is 4.70. The third kappa shape index (κ3) is 6.24. The van der Waals surface area contributed by atoms with Crippen LogP contribution in [-0.4, -0.2) is 37.7 Å². The highest BCUT2D eigenvalue weighted by Gasteiger charge is 2.06. The van der Waals surface area contributed by atoms with Crippen LogP contribution in [0.4, 0.5) is 0 Å². The highest BCUT2D eigenvalue weighted by molar-refractivity contribution is 7.80. The molecule has 0 saturated carbocycles. The van der Waals surface area contributed by atoms with Crippen molar-refractivity contribution in [2.45, 2.75) is 13.8 Å². The van der Waals surface area contributed by atoms with Crippen LogP contribution in [-0.2, 0) is 14.6 Å². The summed E-state index contributed by atoms with van der Waals surface area (Å²) in [5, 5.41) is 0. The second kappa shape index (κ2) is 4.66. The van der Waals surface area contributed by atoms with Gasteiger partial charge in [-0.2, -0.15) is 8.42 Å². The van der Waals surface area contributed by atoms with Gasteiger partial charge in [0.2, 0.25) is 0 Å². The van der Waals surface area contributed by atoms with Crippen molar-refractivity contribution in [3.63, 3.8) is 0 Å². The Bertz CT molecular complexity index is 185. The van der Waals surface area contributed by atoms with Crippen LogP contribution in [0.2, 0.25) is 0 Å². The Morgan fingerprint density at radius 1 is 1.36 bits per heavy atom. The first kappa shape index (κ1) is 10.8. The maximum Gasteiger partial charge on any atom is 0.398 e. The molecule has 0 heterocycles. The van der Waals surface area contributed by atoms with E-state index in [2.05, 4.69) is 4.18 Å². The highest BCUT2D eigenvalue weighted by Crippen LogP contribution is 1.91. The summed E-state index contributed by atoms with van der Waals surface area (Å²) in [6, 6.07) is 0. The molecule has 5 nitrogen and oxygen atoms in total. The standard InChI is InChI=1S/C5H13NO4S/c1-3-6(4-2)5-10-11(7,8)9/h3-5H2,1-2H3,(H,7,8,9). The Labute approximate surface area is 66.9 Å². The van der Waals surface area contributed by atoms with Gasteiger partial charge >= 0.3 is 10.4 Å². The molecule has 1 N–H and O–H groups in total. The van der Waals surface area contributed by atoms with Gasteiger partial charge in [-0.05, 0) is 13.1 Å². The molecule has 68 valence electrons. The Morgan fingerprint density at radius 2 is 1.82 bits per heavy atom. The molecule has 0 aliphatic heterocycles. The van der Waals surface area contributed by atoms with Crippen LogP contribution >= 0.6 is 0 Å². The van der Waals surface area contributed by atoms with E-state index in [4.69, 9.17) is 4.55 Å². The third-order valence-electron chi connectivity index (χ3n) is 1.28. The molecule has 0 aromatic heterocycles. The molecule has 0 amide bonds. The molecule has 0 atom stereocenters. The van der Waals surface area contributed by atoms with Crippen molar-refractivity contribution in [3.8, 4) is 0 Å². The van der Waals surface area contributed by atoms with Crippen molar-refractivity contribution >= 4 is 10.4 Å². The molecule has 0 spiro atoms. The second-order valence-corrected chi connectivity index (χ2v) is 3.07. The molecule has 0 saturated heterocycles. The van der Waals surface area contributed by atoms with Crippen LogP contribution in [0, 0.1) is 0 Å². The zero-order chi connectivity index (χ0) is 8.91. The zero-order valence-corrected chi connectivity index (χ0v) is 7.47. The third-order valence-corrected chi connectivity index (χ3v) is 1.68. The lowest BCUT2D eigenvalue weighted by Gasteiger charge is -2.15. The van der Waals surface area contributed by atoms with Crippen molar-refractivity contribution in [1.82, 2.24) is 4.90 Å². The molecule has 0 aromatic rings. The summed E-state index contributed by atoms with van der Waals surface area (Å²) in [6.07, 6.45) is 0. The zero-order valence-electron chi connectivity index (χ0n) is 6.65. The van der Waals surface area contributed by atoms with Crippen LogP contribution in [0.15, 0.2) is 0 Å². The van der Waals surface area contributed by atoms with Gasteiger partial charge in [-0.1, -0.05) is 13.8 Å². The maximum absolute atomic E-state index is 10.1. The Kier molecular flexibility index (Phi) is 4.58. The minimum absolute atomic E-state index is 0.0914. The Balaban J connectivity index is 3.69.